The molecule has 0 aliphatic rings. The lowest BCUT2D eigenvalue weighted by Crippen LogP contribution is -2.40. The van der Waals surface area contributed by atoms with Gasteiger partial charge in [-0.2, -0.15) is 0 Å². The Hall–Kier alpha value is -0.360. The van der Waals surface area contributed by atoms with Crippen molar-refractivity contribution >= 4 is 33.5 Å². The van der Waals surface area contributed by atoms with Crippen molar-refractivity contribution in [3.05, 3.63) is 0 Å². The Kier molecular flexibility index (Phi) is 7.68. The van der Waals surface area contributed by atoms with Gasteiger partial charge in [0, 0.05) is 19.2 Å². The predicted octanol–water partition coefficient (Wildman–Crippen LogP) is 1.71. The number of amides is 1. The molecule has 0 aromatic rings. The van der Waals surface area contributed by atoms with Gasteiger partial charge in [0.15, 0.2) is 0 Å². The molecule has 0 aliphatic heterocycles. The van der Waals surface area contributed by atoms with Gasteiger partial charge in [-0.3, -0.25) is 4.79 Å². The Morgan fingerprint density at radius 1 is 1.47 bits per heavy atom. The highest BCUT2D eigenvalue weighted by molar-refractivity contribution is 8.76. The van der Waals surface area contributed by atoms with Crippen molar-refractivity contribution in [1.82, 2.24) is 4.90 Å². The lowest BCUT2D eigenvalue weighted by molar-refractivity contribution is -0.148. The smallest absolute Gasteiger partial charge is 0.326 e. The number of hydrogen-bond donors (Lipinski definition) is 1. The molecule has 0 saturated heterocycles. The summed E-state index contributed by atoms with van der Waals surface area (Å²) in [5.74, 6) is -0.154. The van der Waals surface area contributed by atoms with Crippen LogP contribution in [-0.4, -0.2) is 47.0 Å². The first kappa shape index (κ1) is 14.6. The molecular weight excluding hydrogens is 234 g/mol. The second-order valence-electron chi connectivity index (χ2n) is 3.11. The zero-order valence-corrected chi connectivity index (χ0v) is 10.9. The van der Waals surface area contributed by atoms with Crippen LogP contribution in [0.1, 0.15) is 19.8 Å². The van der Waals surface area contributed by atoms with Crippen molar-refractivity contribution in [2.75, 3.05) is 19.1 Å². The number of carbonyl (C=O) groups is 2. The number of nitrogens with zero attached hydrogens (tertiary/aromatic N) is 1. The third kappa shape index (κ3) is 5.94. The molecule has 0 bridgehead atoms. The molecule has 0 radical (unpaired) electrons. The molecule has 6 heteroatoms. The first-order valence-corrected chi connectivity index (χ1v) is 7.37. The Morgan fingerprint density at radius 2 is 2.07 bits per heavy atom. The van der Waals surface area contributed by atoms with E-state index in [1.165, 1.54) is 18.9 Å². The number of hydrogen-bond acceptors (Lipinski definition) is 4. The molecular formula is C9H17NO3S2. The predicted molar refractivity (Wildman–Crippen MR) is 65.1 cm³/mol. The maximum absolute atomic E-state index is 11.5. The minimum Gasteiger partial charge on any atom is -0.480 e. The highest BCUT2D eigenvalue weighted by Gasteiger charge is 2.20. The third-order valence-corrected chi connectivity index (χ3v) is 3.97. The van der Waals surface area contributed by atoms with E-state index in [2.05, 4.69) is 0 Å². The van der Waals surface area contributed by atoms with Gasteiger partial charge in [-0.25, -0.2) is 4.79 Å². The summed E-state index contributed by atoms with van der Waals surface area (Å²) in [6, 6.07) is -0.745. The van der Waals surface area contributed by atoms with Crippen molar-refractivity contribution < 1.29 is 14.7 Å². The molecule has 0 spiro atoms. The average molecular weight is 251 g/mol. The molecule has 1 amide bonds. The van der Waals surface area contributed by atoms with E-state index in [0.29, 0.717) is 6.42 Å². The van der Waals surface area contributed by atoms with Crippen LogP contribution in [0.15, 0.2) is 0 Å². The third-order valence-electron chi connectivity index (χ3n) is 2.07. The van der Waals surface area contributed by atoms with Crippen LogP contribution >= 0.6 is 21.6 Å². The maximum Gasteiger partial charge on any atom is 0.326 e. The summed E-state index contributed by atoms with van der Waals surface area (Å²) >= 11 is 0. The van der Waals surface area contributed by atoms with Gasteiger partial charge in [0.05, 0.1) is 0 Å². The normalized spacial score (nSPS) is 12.2. The number of carbonyl (C=O) groups excluding carboxylic acids is 1. The van der Waals surface area contributed by atoms with Crippen LogP contribution in [0.3, 0.4) is 0 Å². The summed E-state index contributed by atoms with van der Waals surface area (Å²) in [5.41, 5.74) is 0. The minimum absolute atomic E-state index is 0.105. The van der Waals surface area contributed by atoms with Gasteiger partial charge < -0.3 is 10.0 Å². The van der Waals surface area contributed by atoms with Crippen LogP contribution in [0.4, 0.5) is 0 Å². The van der Waals surface area contributed by atoms with Crippen molar-refractivity contribution in [2.45, 2.75) is 25.8 Å². The number of likely N-dealkylation sites (N-methyl/N-ethyl adjacent to an activating group) is 1. The standard InChI is InChI=1S/C9H17NO3S2/c1-7(9(12)13)10(2)8(11)5-4-6-15-14-3/h7H,4-6H2,1-3H3,(H,12,13). The lowest BCUT2D eigenvalue weighted by Gasteiger charge is -2.21. The Bertz CT molecular complexity index is 223. The van der Waals surface area contributed by atoms with Gasteiger partial charge in [-0.1, -0.05) is 21.6 Å². The minimum atomic E-state index is -0.968. The molecule has 0 fully saturated rings. The summed E-state index contributed by atoms with van der Waals surface area (Å²) < 4.78 is 0. The topological polar surface area (TPSA) is 57.6 Å². The van der Waals surface area contributed by atoms with Crippen molar-refractivity contribution in [3.63, 3.8) is 0 Å². The van der Waals surface area contributed by atoms with E-state index in [1.54, 1.807) is 21.6 Å². The highest BCUT2D eigenvalue weighted by atomic mass is 33.1. The van der Waals surface area contributed by atoms with Crippen LogP contribution in [0, 0.1) is 0 Å². The molecule has 0 rings (SSSR count). The van der Waals surface area contributed by atoms with Gasteiger partial charge >= 0.3 is 5.97 Å². The molecule has 0 heterocycles. The summed E-state index contributed by atoms with van der Waals surface area (Å²) in [5, 5.41) is 8.71. The van der Waals surface area contributed by atoms with Crippen LogP contribution in [0.2, 0.25) is 0 Å². The molecule has 88 valence electrons. The van der Waals surface area contributed by atoms with Crippen LogP contribution in [-0.2, 0) is 9.59 Å². The molecule has 1 N–H and O–H groups in total. The quantitative estimate of drug-likeness (QED) is 0.551. The molecule has 0 aromatic heterocycles. The fraction of sp³-hybridized carbons (Fsp3) is 0.778. The van der Waals surface area contributed by atoms with Gasteiger partial charge in [0.2, 0.25) is 5.91 Å². The Labute approximate surface area is 98.2 Å². The molecule has 0 aliphatic carbocycles. The average Bonchev–Trinajstić information content (AvgIpc) is 2.21. The lowest BCUT2D eigenvalue weighted by atomic mass is 10.2. The van der Waals surface area contributed by atoms with Gasteiger partial charge in [0.1, 0.15) is 6.04 Å². The first-order valence-electron chi connectivity index (χ1n) is 4.64. The van der Waals surface area contributed by atoms with E-state index < -0.39 is 12.0 Å². The van der Waals surface area contributed by atoms with Gasteiger partial charge in [-0.05, 0) is 19.6 Å². The molecule has 4 nitrogen and oxygen atoms in total. The zero-order chi connectivity index (χ0) is 11.8. The summed E-state index contributed by atoms with van der Waals surface area (Å²) in [7, 11) is 4.91. The zero-order valence-electron chi connectivity index (χ0n) is 9.23. The van der Waals surface area contributed by atoms with E-state index in [4.69, 9.17) is 5.11 Å². The number of carboxylic acid groups (broad SMARTS) is 1. The van der Waals surface area contributed by atoms with Crippen LogP contribution in [0.25, 0.3) is 0 Å². The number of aliphatic carboxylic acids is 1. The SMILES string of the molecule is CSSCCCC(=O)N(C)C(C)C(=O)O. The Balaban J connectivity index is 3.84. The summed E-state index contributed by atoms with van der Waals surface area (Å²) in [6.45, 7) is 1.51. The number of carboxylic acids is 1. The Morgan fingerprint density at radius 3 is 2.53 bits per heavy atom. The van der Waals surface area contributed by atoms with Crippen molar-refractivity contribution in [2.24, 2.45) is 0 Å². The van der Waals surface area contributed by atoms with Gasteiger partial charge in [-0.15, -0.1) is 0 Å². The first-order chi connectivity index (χ1) is 7.00. The van der Waals surface area contributed by atoms with Gasteiger partial charge in [0.25, 0.3) is 0 Å². The number of rotatable bonds is 7. The molecule has 0 aromatic carbocycles. The van der Waals surface area contributed by atoms with E-state index in [0.717, 1.165) is 12.2 Å². The van der Waals surface area contributed by atoms with E-state index >= 15 is 0 Å². The van der Waals surface area contributed by atoms with Crippen LogP contribution < -0.4 is 0 Å². The summed E-state index contributed by atoms with van der Waals surface area (Å²) in [4.78, 5) is 23.4. The van der Waals surface area contributed by atoms with E-state index in [-0.39, 0.29) is 5.91 Å². The van der Waals surface area contributed by atoms with Crippen molar-refractivity contribution in [1.29, 1.82) is 0 Å². The van der Waals surface area contributed by atoms with Crippen molar-refractivity contribution in [3.8, 4) is 0 Å². The van der Waals surface area contributed by atoms with E-state index in [1.807, 2.05) is 6.26 Å². The molecule has 1 atom stereocenters. The summed E-state index contributed by atoms with van der Waals surface area (Å²) in [6.07, 6.45) is 3.20. The largest absolute Gasteiger partial charge is 0.480 e. The molecule has 0 saturated carbocycles. The second kappa shape index (κ2) is 7.87. The molecule has 1 unspecified atom stereocenters. The maximum atomic E-state index is 11.5. The van der Waals surface area contributed by atoms with E-state index in [9.17, 15) is 9.59 Å². The second-order valence-corrected chi connectivity index (χ2v) is 5.80. The monoisotopic (exact) mass is 251 g/mol. The van der Waals surface area contributed by atoms with Crippen LogP contribution in [0.5, 0.6) is 0 Å². The molecule has 15 heavy (non-hydrogen) atoms. The highest BCUT2D eigenvalue weighted by Crippen LogP contribution is 2.18. The fourth-order valence-corrected chi connectivity index (χ4v) is 2.21. The fourth-order valence-electron chi connectivity index (χ4n) is 0.924.